The van der Waals surface area contributed by atoms with Crippen molar-refractivity contribution < 1.29 is 12.4 Å². The quantitative estimate of drug-likeness (QED) is 0.657. The van der Waals surface area contributed by atoms with E-state index < -0.39 is 0 Å². The second-order valence-corrected chi connectivity index (χ2v) is 6.16. The largest absolute Gasteiger partial charge is 1.00 e. The van der Waals surface area contributed by atoms with Crippen molar-refractivity contribution >= 4 is 44.9 Å². The van der Waals surface area contributed by atoms with Gasteiger partial charge in [-0.05, 0) is 72.3 Å². The molecule has 108 valence electrons. The van der Waals surface area contributed by atoms with Gasteiger partial charge in [0.15, 0.2) is 0 Å². The minimum absolute atomic E-state index is 0. The van der Waals surface area contributed by atoms with E-state index in [4.69, 9.17) is 0 Å². The second kappa shape index (κ2) is 6.62. The second-order valence-electron chi connectivity index (χ2n) is 4.91. The highest BCUT2D eigenvalue weighted by atomic mass is 127. The van der Waals surface area contributed by atoms with E-state index in [1.807, 2.05) is 6.92 Å². The van der Waals surface area contributed by atoms with Gasteiger partial charge in [-0.3, -0.25) is 4.98 Å². The molecule has 1 N–H and O–H groups in total. The Bertz CT molecular complexity index is 770. The Balaban J connectivity index is 0.00000161. The maximum atomic E-state index is 4.65. The third kappa shape index (κ3) is 3.47. The molecule has 0 aliphatic heterocycles. The van der Waals surface area contributed by atoms with E-state index in [-0.39, 0.29) is 12.4 Å². The molecule has 0 saturated heterocycles. The van der Waals surface area contributed by atoms with Gasteiger partial charge < -0.3 is 17.7 Å². The number of aryl methyl sites for hydroxylation is 2. The van der Waals surface area contributed by atoms with Crippen LogP contribution in [0.15, 0.2) is 48.5 Å². The summed E-state index contributed by atoms with van der Waals surface area (Å²) < 4.78 is 1.24. The summed E-state index contributed by atoms with van der Waals surface area (Å²) >= 11 is 2.31. The first-order chi connectivity index (χ1) is 9.63. The Kier molecular flexibility index (Phi) is 5.06. The molecule has 2 nitrogen and oxygen atoms in total. The molecule has 1 heterocycles. The fourth-order valence-corrected chi connectivity index (χ4v) is 2.67. The summed E-state index contributed by atoms with van der Waals surface area (Å²) in [6.07, 6.45) is 0. The minimum Gasteiger partial charge on any atom is -1.00 e. The van der Waals surface area contributed by atoms with Gasteiger partial charge in [0.2, 0.25) is 0 Å². The molecular weight excluding hydrogens is 395 g/mol. The summed E-state index contributed by atoms with van der Waals surface area (Å²) in [5.74, 6) is 0. The highest BCUT2D eigenvalue weighted by Crippen LogP contribution is 2.28. The van der Waals surface area contributed by atoms with Crippen LogP contribution in [0.3, 0.4) is 0 Å². The lowest BCUT2D eigenvalue weighted by molar-refractivity contribution is -0.00000400. The number of anilines is 2. The number of nitrogens with one attached hydrogen (secondary N) is 1. The van der Waals surface area contributed by atoms with Crippen LogP contribution in [-0.4, -0.2) is 4.98 Å². The van der Waals surface area contributed by atoms with Crippen molar-refractivity contribution in [2.75, 3.05) is 5.32 Å². The fraction of sp³-hybridized carbons (Fsp3) is 0.118. The number of fused-ring (bicyclic) bond motifs is 1. The fourth-order valence-electron chi connectivity index (χ4n) is 2.31. The molecule has 0 atom stereocenters. The van der Waals surface area contributed by atoms with E-state index in [2.05, 4.69) is 88.3 Å². The van der Waals surface area contributed by atoms with Crippen LogP contribution < -0.4 is 17.7 Å². The zero-order valence-corrected chi connectivity index (χ0v) is 14.7. The highest BCUT2D eigenvalue weighted by molar-refractivity contribution is 14.1. The van der Waals surface area contributed by atoms with Crippen molar-refractivity contribution in [1.29, 1.82) is 0 Å². The van der Waals surface area contributed by atoms with Crippen LogP contribution in [0, 0.1) is 17.4 Å². The summed E-state index contributed by atoms with van der Waals surface area (Å²) in [5, 5.41) is 4.66. The van der Waals surface area contributed by atoms with Crippen LogP contribution in [-0.2, 0) is 0 Å². The van der Waals surface area contributed by atoms with Gasteiger partial charge in [-0.15, -0.1) is 0 Å². The number of halogens is 2. The summed E-state index contributed by atoms with van der Waals surface area (Å²) in [6, 6.07) is 16.8. The van der Waals surface area contributed by atoms with E-state index in [1.165, 1.54) is 9.13 Å². The smallest absolute Gasteiger partial charge is 0.0755 e. The molecule has 0 amide bonds. The minimum atomic E-state index is 0. The van der Waals surface area contributed by atoms with Gasteiger partial charge in [-0.25, -0.2) is 0 Å². The number of hydrogen-bond donors (Lipinski definition) is 1. The molecule has 4 heteroatoms. The number of benzene rings is 2. The molecule has 21 heavy (non-hydrogen) atoms. The van der Waals surface area contributed by atoms with E-state index in [9.17, 15) is 0 Å². The van der Waals surface area contributed by atoms with Gasteiger partial charge in [0, 0.05) is 26.0 Å². The van der Waals surface area contributed by atoms with E-state index in [0.717, 1.165) is 28.0 Å². The number of pyridine rings is 1. The van der Waals surface area contributed by atoms with Gasteiger partial charge in [0.25, 0.3) is 0 Å². The molecule has 0 aliphatic rings. The zero-order valence-electron chi connectivity index (χ0n) is 11.8. The molecular formula is C17H15ClIN2-. The molecule has 3 rings (SSSR count). The maximum absolute atomic E-state index is 4.65. The molecule has 1 aromatic heterocycles. The number of para-hydroxylation sites is 1. The first-order valence-corrected chi connectivity index (χ1v) is 7.61. The Morgan fingerprint density at radius 3 is 2.43 bits per heavy atom. The predicted molar refractivity (Wildman–Crippen MR) is 93.7 cm³/mol. The van der Waals surface area contributed by atoms with Crippen molar-refractivity contribution in [3.63, 3.8) is 0 Å². The van der Waals surface area contributed by atoms with Crippen LogP contribution in [0.25, 0.3) is 10.9 Å². The first kappa shape index (κ1) is 16.0. The SMILES string of the molecule is Cc1cc(Nc2ccc(I)cc2)c2cccc(C)c2n1.[Cl-]. The summed E-state index contributed by atoms with van der Waals surface area (Å²) in [6.45, 7) is 4.13. The molecule has 3 aromatic rings. The van der Waals surface area contributed by atoms with Crippen LogP contribution in [0.5, 0.6) is 0 Å². The van der Waals surface area contributed by atoms with E-state index in [1.54, 1.807) is 0 Å². The topological polar surface area (TPSA) is 24.9 Å². The summed E-state index contributed by atoms with van der Waals surface area (Å²) in [5.41, 5.74) is 5.51. The molecule has 0 bridgehead atoms. The van der Waals surface area contributed by atoms with Gasteiger partial charge >= 0.3 is 0 Å². The third-order valence-electron chi connectivity index (χ3n) is 3.29. The standard InChI is InChI=1S/C17H15IN2.ClH/c1-11-4-3-5-15-16(10-12(2)19-17(11)15)20-14-8-6-13(18)7-9-14;/h3-10H,1-2H3,(H,19,20);1H/p-1. The number of hydrogen-bond acceptors (Lipinski definition) is 2. The third-order valence-corrected chi connectivity index (χ3v) is 4.01. The van der Waals surface area contributed by atoms with Gasteiger partial charge in [-0.1, -0.05) is 18.2 Å². The maximum Gasteiger partial charge on any atom is 0.0755 e. The molecule has 0 spiro atoms. The van der Waals surface area contributed by atoms with Crippen LogP contribution in [0.2, 0.25) is 0 Å². The van der Waals surface area contributed by atoms with Crippen molar-refractivity contribution in [3.8, 4) is 0 Å². The lowest BCUT2D eigenvalue weighted by Gasteiger charge is -2.12. The Labute approximate surface area is 144 Å². The van der Waals surface area contributed by atoms with Gasteiger partial charge in [0.1, 0.15) is 0 Å². The van der Waals surface area contributed by atoms with Crippen LogP contribution in [0.1, 0.15) is 11.3 Å². The first-order valence-electron chi connectivity index (χ1n) is 6.53. The van der Waals surface area contributed by atoms with E-state index >= 15 is 0 Å². The average molecular weight is 410 g/mol. The lowest BCUT2D eigenvalue weighted by Crippen LogP contribution is -3.00. The number of rotatable bonds is 2. The number of aromatic nitrogens is 1. The lowest BCUT2D eigenvalue weighted by atomic mass is 10.1. The molecule has 0 fully saturated rings. The molecule has 0 saturated carbocycles. The van der Waals surface area contributed by atoms with Crippen molar-refractivity contribution in [3.05, 3.63) is 63.4 Å². The summed E-state index contributed by atoms with van der Waals surface area (Å²) in [7, 11) is 0. The van der Waals surface area contributed by atoms with Crippen molar-refractivity contribution in [2.24, 2.45) is 0 Å². The molecule has 0 radical (unpaired) electrons. The Morgan fingerprint density at radius 2 is 1.71 bits per heavy atom. The Hall–Kier alpha value is -1.33. The highest BCUT2D eigenvalue weighted by Gasteiger charge is 2.06. The van der Waals surface area contributed by atoms with E-state index in [0.29, 0.717) is 0 Å². The molecule has 0 unspecified atom stereocenters. The normalized spacial score (nSPS) is 10.2. The Morgan fingerprint density at radius 1 is 1.00 bits per heavy atom. The van der Waals surface area contributed by atoms with Gasteiger partial charge in [0.05, 0.1) is 5.52 Å². The molecule has 2 aromatic carbocycles. The predicted octanol–water partition coefficient (Wildman–Crippen LogP) is 2.20. The van der Waals surface area contributed by atoms with Crippen LogP contribution >= 0.6 is 22.6 Å². The average Bonchev–Trinajstić information content (AvgIpc) is 2.42. The molecule has 0 aliphatic carbocycles. The number of nitrogens with zero attached hydrogens (tertiary/aromatic N) is 1. The monoisotopic (exact) mass is 409 g/mol. The summed E-state index contributed by atoms with van der Waals surface area (Å²) in [4.78, 5) is 4.65. The van der Waals surface area contributed by atoms with Crippen molar-refractivity contribution in [2.45, 2.75) is 13.8 Å². The van der Waals surface area contributed by atoms with Gasteiger partial charge in [-0.2, -0.15) is 0 Å². The van der Waals surface area contributed by atoms with Crippen LogP contribution in [0.4, 0.5) is 11.4 Å². The zero-order chi connectivity index (χ0) is 14.1. The van der Waals surface area contributed by atoms with Crippen molar-refractivity contribution in [1.82, 2.24) is 4.98 Å².